The fourth-order valence-electron chi connectivity index (χ4n) is 8.10. The lowest BCUT2D eigenvalue weighted by Gasteiger charge is -2.44. The third-order valence-corrected chi connectivity index (χ3v) is 11.4. The molecule has 52 heavy (non-hydrogen) atoms. The van der Waals surface area contributed by atoms with Gasteiger partial charge in [-0.25, -0.2) is 0 Å². The molecule has 4 heterocycles. The van der Waals surface area contributed by atoms with Crippen LogP contribution in [0.2, 0.25) is 0 Å². The number of benzene rings is 6. The van der Waals surface area contributed by atoms with E-state index in [1.807, 2.05) is 11.3 Å². The van der Waals surface area contributed by atoms with E-state index in [0.717, 1.165) is 50.8 Å². The molecular formula is C46H36BN3OS. The number of anilines is 9. The number of para-hydroxylation sites is 3. The van der Waals surface area contributed by atoms with Crippen molar-refractivity contribution < 1.29 is 4.42 Å². The van der Waals surface area contributed by atoms with Crippen LogP contribution in [-0.2, 0) is 5.41 Å². The fourth-order valence-corrected chi connectivity index (χ4v) is 9.07. The lowest BCUT2D eigenvalue weighted by Crippen LogP contribution is -2.60. The van der Waals surface area contributed by atoms with Crippen LogP contribution in [0.15, 0.2) is 168 Å². The lowest BCUT2D eigenvalue weighted by molar-refractivity contribution is 0.590. The molecule has 6 aromatic carbocycles. The molecule has 2 aliphatic rings. The van der Waals surface area contributed by atoms with Crippen molar-refractivity contribution in [3.63, 3.8) is 0 Å². The minimum Gasteiger partial charge on any atom is -0.464 e. The molecule has 0 saturated carbocycles. The average Bonchev–Trinajstić information content (AvgIpc) is 3.85. The fraction of sp³-hybridized carbons (Fsp3) is 0.0870. The zero-order chi connectivity index (χ0) is 35.0. The molecule has 0 amide bonds. The van der Waals surface area contributed by atoms with Crippen molar-refractivity contribution in [1.82, 2.24) is 0 Å². The maximum Gasteiger partial charge on any atom is 0.253 e. The largest absolute Gasteiger partial charge is 0.464 e. The smallest absolute Gasteiger partial charge is 0.253 e. The molecule has 0 N–H and O–H groups in total. The number of thiophene rings is 1. The van der Waals surface area contributed by atoms with E-state index in [-0.39, 0.29) is 12.1 Å². The van der Waals surface area contributed by atoms with Crippen LogP contribution in [0.25, 0.3) is 11.0 Å². The Morgan fingerprint density at radius 1 is 0.577 bits per heavy atom. The first kappa shape index (κ1) is 30.8. The number of rotatable bonds is 5. The van der Waals surface area contributed by atoms with E-state index >= 15 is 0 Å². The van der Waals surface area contributed by atoms with Gasteiger partial charge in [0.05, 0.1) is 17.0 Å². The summed E-state index contributed by atoms with van der Waals surface area (Å²) in [4.78, 5) is 7.33. The molecule has 0 saturated heterocycles. The minimum atomic E-state index is 0.0431. The molecular weight excluding hydrogens is 653 g/mol. The summed E-state index contributed by atoms with van der Waals surface area (Å²) >= 11 is 1.82. The Labute approximate surface area is 308 Å². The second-order valence-corrected chi connectivity index (χ2v) is 15.6. The number of nitrogens with zero attached hydrogens (tertiary/aromatic N) is 3. The van der Waals surface area contributed by atoms with Crippen molar-refractivity contribution in [3.8, 4) is 0 Å². The molecule has 0 fully saturated rings. The number of hydrogen-bond donors (Lipinski definition) is 0. The van der Waals surface area contributed by atoms with Gasteiger partial charge >= 0.3 is 0 Å². The zero-order valence-corrected chi connectivity index (χ0v) is 30.1. The molecule has 250 valence electrons. The van der Waals surface area contributed by atoms with Gasteiger partial charge in [0, 0.05) is 51.3 Å². The van der Waals surface area contributed by atoms with Gasteiger partial charge in [-0.1, -0.05) is 99.6 Å². The Morgan fingerprint density at radius 2 is 1.19 bits per heavy atom. The standard InChI is InChI=1S/C46H36BN3OS/c1-46(2,3)32-19-21-36(22-20-32)50-42-29-37(48(33-13-7-4-8-14-33)34-15-9-5-10-16-34)28-41-44(42)47(38-24-26-52-45(38)50)39-27-31-23-25-51-43(31)30-40(39)49(41)35-17-11-6-12-18-35/h4-30H,1-3H3. The van der Waals surface area contributed by atoms with Crippen LogP contribution in [0.4, 0.5) is 50.5 Å². The molecule has 8 aromatic rings. The Bertz CT molecular complexity index is 2530. The van der Waals surface area contributed by atoms with E-state index in [1.165, 1.54) is 32.6 Å². The summed E-state index contributed by atoms with van der Waals surface area (Å²) in [6.07, 6.45) is 1.80. The van der Waals surface area contributed by atoms with Gasteiger partial charge in [0.1, 0.15) is 5.58 Å². The third-order valence-electron chi connectivity index (χ3n) is 10.5. The number of fused-ring (bicyclic) bond motifs is 5. The summed E-state index contributed by atoms with van der Waals surface area (Å²) in [5, 5.41) is 4.62. The summed E-state index contributed by atoms with van der Waals surface area (Å²) in [6, 6.07) is 55.2. The average molecular weight is 690 g/mol. The van der Waals surface area contributed by atoms with Gasteiger partial charge in [-0.2, -0.15) is 0 Å². The quantitative estimate of drug-likeness (QED) is 0.168. The van der Waals surface area contributed by atoms with Crippen molar-refractivity contribution in [1.29, 1.82) is 0 Å². The summed E-state index contributed by atoms with van der Waals surface area (Å²) < 4.78 is 6.06. The Balaban J connectivity index is 1.31. The van der Waals surface area contributed by atoms with E-state index < -0.39 is 0 Å². The highest BCUT2D eigenvalue weighted by atomic mass is 32.1. The van der Waals surface area contributed by atoms with Gasteiger partial charge < -0.3 is 19.1 Å². The second kappa shape index (κ2) is 11.8. The predicted octanol–water partition coefficient (Wildman–Crippen LogP) is 11.3. The minimum absolute atomic E-state index is 0.0431. The summed E-state index contributed by atoms with van der Waals surface area (Å²) in [6.45, 7) is 6.87. The van der Waals surface area contributed by atoms with Crippen molar-refractivity contribution in [2.45, 2.75) is 26.2 Å². The van der Waals surface area contributed by atoms with Crippen LogP contribution in [-0.4, -0.2) is 6.71 Å². The van der Waals surface area contributed by atoms with E-state index in [1.54, 1.807) is 6.26 Å². The molecule has 0 aliphatic carbocycles. The van der Waals surface area contributed by atoms with E-state index in [9.17, 15) is 0 Å². The number of hydrogen-bond acceptors (Lipinski definition) is 5. The molecule has 10 rings (SSSR count). The van der Waals surface area contributed by atoms with Crippen LogP contribution < -0.4 is 31.1 Å². The van der Waals surface area contributed by atoms with Gasteiger partial charge in [0.25, 0.3) is 6.71 Å². The summed E-state index contributed by atoms with van der Waals surface area (Å²) in [5.74, 6) is 0. The Morgan fingerprint density at radius 3 is 1.85 bits per heavy atom. The first-order valence-corrected chi connectivity index (χ1v) is 18.7. The van der Waals surface area contributed by atoms with Gasteiger partial charge in [0.15, 0.2) is 0 Å². The molecule has 2 aromatic heterocycles. The monoisotopic (exact) mass is 689 g/mol. The number of furan rings is 1. The van der Waals surface area contributed by atoms with Crippen molar-refractivity contribution in [2.75, 3.05) is 14.7 Å². The molecule has 0 spiro atoms. The highest BCUT2D eigenvalue weighted by molar-refractivity contribution is 7.18. The molecule has 0 bridgehead atoms. The second-order valence-electron chi connectivity index (χ2n) is 14.7. The highest BCUT2D eigenvalue weighted by Gasteiger charge is 2.45. The van der Waals surface area contributed by atoms with Crippen LogP contribution in [0, 0.1) is 0 Å². The maximum absolute atomic E-state index is 6.06. The van der Waals surface area contributed by atoms with Crippen molar-refractivity contribution in [2.24, 2.45) is 0 Å². The first-order valence-electron chi connectivity index (χ1n) is 17.9. The Kier molecular flexibility index (Phi) is 6.99. The lowest BCUT2D eigenvalue weighted by atomic mass is 9.34. The van der Waals surface area contributed by atoms with Crippen LogP contribution in [0.1, 0.15) is 26.3 Å². The SMILES string of the molecule is CC(C)(C)c1ccc(N2c3cc(N(c4ccccc4)c4ccccc4)cc4c3B(c3cc5ccoc5cc3N4c3ccccc3)c3ccsc32)cc1. The van der Waals surface area contributed by atoms with Crippen molar-refractivity contribution in [3.05, 3.63) is 169 Å². The van der Waals surface area contributed by atoms with Crippen LogP contribution in [0.3, 0.4) is 0 Å². The van der Waals surface area contributed by atoms with E-state index in [2.05, 4.69) is 193 Å². The first-order chi connectivity index (χ1) is 25.4. The normalized spacial score (nSPS) is 13.2. The predicted molar refractivity (Wildman–Crippen MR) is 221 cm³/mol. The zero-order valence-electron chi connectivity index (χ0n) is 29.3. The molecule has 0 atom stereocenters. The van der Waals surface area contributed by atoms with Gasteiger partial charge in [-0.3, -0.25) is 0 Å². The van der Waals surface area contributed by atoms with Gasteiger partial charge in [0.2, 0.25) is 0 Å². The van der Waals surface area contributed by atoms with Crippen molar-refractivity contribution >= 4 is 95.9 Å². The molecule has 2 aliphatic heterocycles. The molecule has 6 heteroatoms. The van der Waals surface area contributed by atoms with Gasteiger partial charge in [-0.05, 0) is 99.5 Å². The maximum atomic E-state index is 6.06. The molecule has 0 radical (unpaired) electrons. The van der Waals surface area contributed by atoms with Crippen LogP contribution in [0.5, 0.6) is 0 Å². The van der Waals surface area contributed by atoms with E-state index in [4.69, 9.17) is 4.42 Å². The van der Waals surface area contributed by atoms with Gasteiger partial charge in [-0.15, -0.1) is 11.3 Å². The highest BCUT2D eigenvalue weighted by Crippen LogP contribution is 2.49. The third kappa shape index (κ3) is 4.82. The Hall–Kier alpha value is -5.98. The topological polar surface area (TPSA) is 22.9 Å². The van der Waals surface area contributed by atoms with Crippen LogP contribution >= 0.6 is 11.3 Å². The molecule has 0 unspecified atom stereocenters. The summed E-state index contributed by atoms with van der Waals surface area (Å²) in [5.41, 5.74) is 15.2. The van der Waals surface area contributed by atoms with E-state index in [0.29, 0.717) is 0 Å². The molecule has 4 nitrogen and oxygen atoms in total. The summed E-state index contributed by atoms with van der Waals surface area (Å²) in [7, 11) is 0.